The topological polar surface area (TPSA) is 54.9 Å². The molecular formula is C13H15N3O. The van der Waals surface area contributed by atoms with Gasteiger partial charge in [-0.3, -0.25) is 14.8 Å². The van der Waals surface area contributed by atoms with E-state index < -0.39 is 0 Å². The van der Waals surface area contributed by atoms with Crippen LogP contribution >= 0.6 is 0 Å². The van der Waals surface area contributed by atoms with Crippen LogP contribution in [0.15, 0.2) is 30.6 Å². The lowest BCUT2D eigenvalue weighted by atomic mass is 10.1. The summed E-state index contributed by atoms with van der Waals surface area (Å²) in [6, 6.07) is 5.53. The molecule has 0 saturated carbocycles. The number of carbonyl (C=O) groups is 1. The Bertz CT molecular complexity index is 539. The van der Waals surface area contributed by atoms with Crippen LogP contribution in [0.5, 0.6) is 0 Å². The fourth-order valence-electron chi connectivity index (χ4n) is 1.51. The standard InChI is InChI=1S/C13H15N3O/c1-3-9(2)16-13(17)10-4-5-11-12(8-10)15-7-6-14-11/h4-9H,3H2,1-2H3,(H,16,17). The molecule has 0 aliphatic rings. The number of nitrogens with zero attached hydrogens (tertiary/aromatic N) is 2. The number of fused-ring (bicyclic) bond motifs is 1. The van der Waals surface area contributed by atoms with Gasteiger partial charge in [-0.05, 0) is 31.5 Å². The summed E-state index contributed by atoms with van der Waals surface area (Å²) in [5.74, 6) is -0.0631. The van der Waals surface area contributed by atoms with Crippen LogP contribution in [0.3, 0.4) is 0 Å². The van der Waals surface area contributed by atoms with Crippen molar-refractivity contribution in [2.45, 2.75) is 26.3 Å². The van der Waals surface area contributed by atoms with E-state index in [1.807, 2.05) is 19.9 Å². The fourth-order valence-corrected chi connectivity index (χ4v) is 1.51. The first-order valence-corrected chi connectivity index (χ1v) is 5.72. The summed E-state index contributed by atoms with van der Waals surface area (Å²) < 4.78 is 0. The molecule has 0 radical (unpaired) electrons. The van der Waals surface area contributed by atoms with E-state index in [1.165, 1.54) is 0 Å². The first-order valence-electron chi connectivity index (χ1n) is 5.72. The zero-order valence-electron chi connectivity index (χ0n) is 9.97. The normalized spacial score (nSPS) is 12.4. The van der Waals surface area contributed by atoms with E-state index in [4.69, 9.17) is 0 Å². The van der Waals surface area contributed by atoms with Crippen molar-refractivity contribution in [3.05, 3.63) is 36.2 Å². The molecule has 2 aromatic rings. The average Bonchev–Trinajstić information content (AvgIpc) is 2.38. The second-order valence-electron chi connectivity index (χ2n) is 4.04. The molecule has 0 spiro atoms. The predicted octanol–water partition coefficient (Wildman–Crippen LogP) is 2.16. The average molecular weight is 229 g/mol. The Hall–Kier alpha value is -1.97. The van der Waals surface area contributed by atoms with Crippen LogP contribution in [0.2, 0.25) is 0 Å². The van der Waals surface area contributed by atoms with Gasteiger partial charge < -0.3 is 5.32 Å². The Balaban J connectivity index is 2.27. The number of rotatable bonds is 3. The van der Waals surface area contributed by atoms with Crippen LogP contribution in [0, 0.1) is 0 Å². The van der Waals surface area contributed by atoms with E-state index in [9.17, 15) is 4.79 Å². The van der Waals surface area contributed by atoms with Crippen molar-refractivity contribution in [2.75, 3.05) is 0 Å². The lowest BCUT2D eigenvalue weighted by molar-refractivity contribution is 0.0939. The predicted molar refractivity (Wildman–Crippen MR) is 66.8 cm³/mol. The second-order valence-corrected chi connectivity index (χ2v) is 4.04. The van der Waals surface area contributed by atoms with Crippen LogP contribution in [0.1, 0.15) is 30.6 Å². The highest BCUT2D eigenvalue weighted by molar-refractivity contribution is 5.97. The van der Waals surface area contributed by atoms with Crippen molar-refractivity contribution < 1.29 is 4.79 Å². The van der Waals surface area contributed by atoms with Crippen LogP contribution in [-0.2, 0) is 0 Å². The van der Waals surface area contributed by atoms with Crippen molar-refractivity contribution in [2.24, 2.45) is 0 Å². The van der Waals surface area contributed by atoms with Gasteiger partial charge in [-0.2, -0.15) is 0 Å². The van der Waals surface area contributed by atoms with Crippen molar-refractivity contribution in [3.63, 3.8) is 0 Å². The quantitative estimate of drug-likeness (QED) is 0.877. The Morgan fingerprint density at radius 1 is 1.29 bits per heavy atom. The molecule has 2 rings (SSSR count). The third-order valence-corrected chi connectivity index (χ3v) is 2.72. The first-order chi connectivity index (χ1) is 8.20. The van der Waals surface area contributed by atoms with Gasteiger partial charge in [0.05, 0.1) is 11.0 Å². The molecule has 1 aromatic carbocycles. The van der Waals surface area contributed by atoms with Gasteiger partial charge in [-0.15, -0.1) is 0 Å². The molecule has 1 aromatic heterocycles. The number of benzene rings is 1. The zero-order valence-corrected chi connectivity index (χ0v) is 9.97. The smallest absolute Gasteiger partial charge is 0.251 e. The monoisotopic (exact) mass is 229 g/mol. The summed E-state index contributed by atoms with van der Waals surface area (Å²) in [5.41, 5.74) is 2.16. The third kappa shape index (κ3) is 2.58. The summed E-state index contributed by atoms with van der Waals surface area (Å²) in [5, 5.41) is 2.92. The maximum atomic E-state index is 11.9. The van der Waals surface area contributed by atoms with Crippen LogP contribution < -0.4 is 5.32 Å². The molecule has 0 saturated heterocycles. The summed E-state index contributed by atoms with van der Waals surface area (Å²) in [6.07, 6.45) is 4.18. The number of carbonyl (C=O) groups excluding carboxylic acids is 1. The second kappa shape index (κ2) is 4.91. The van der Waals surface area contributed by atoms with Crippen molar-refractivity contribution in [1.82, 2.24) is 15.3 Å². The molecule has 88 valence electrons. The molecule has 0 aliphatic heterocycles. The van der Waals surface area contributed by atoms with Gasteiger partial charge >= 0.3 is 0 Å². The van der Waals surface area contributed by atoms with Crippen molar-refractivity contribution in [3.8, 4) is 0 Å². The molecule has 4 nitrogen and oxygen atoms in total. The molecular weight excluding hydrogens is 214 g/mol. The molecule has 0 bridgehead atoms. The van der Waals surface area contributed by atoms with Crippen molar-refractivity contribution >= 4 is 16.9 Å². The molecule has 1 atom stereocenters. The van der Waals surface area contributed by atoms with E-state index in [-0.39, 0.29) is 11.9 Å². The minimum atomic E-state index is -0.0631. The minimum absolute atomic E-state index is 0.0631. The lowest BCUT2D eigenvalue weighted by Crippen LogP contribution is -2.31. The van der Waals surface area contributed by atoms with Gasteiger partial charge in [0.2, 0.25) is 0 Å². The largest absolute Gasteiger partial charge is 0.350 e. The summed E-state index contributed by atoms with van der Waals surface area (Å²) in [4.78, 5) is 20.2. The third-order valence-electron chi connectivity index (χ3n) is 2.72. The Kier molecular flexibility index (Phi) is 3.32. The Morgan fingerprint density at radius 2 is 2.00 bits per heavy atom. The Labute approximate surface area is 100 Å². The number of hydrogen-bond acceptors (Lipinski definition) is 3. The molecule has 4 heteroatoms. The number of amides is 1. The van der Waals surface area contributed by atoms with E-state index in [2.05, 4.69) is 15.3 Å². The highest BCUT2D eigenvalue weighted by Crippen LogP contribution is 2.11. The van der Waals surface area contributed by atoms with Gasteiger partial charge in [-0.25, -0.2) is 0 Å². The SMILES string of the molecule is CCC(C)NC(=O)c1ccc2nccnc2c1. The molecule has 1 N–H and O–H groups in total. The van der Waals surface area contributed by atoms with Crippen LogP contribution in [0.4, 0.5) is 0 Å². The first kappa shape index (κ1) is 11.5. The van der Waals surface area contributed by atoms with E-state index in [0.29, 0.717) is 5.56 Å². The number of aromatic nitrogens is 2. The van der Waals surface area contributed by atoms with Crippen LogP contribution in [0.25, 0.3) is 11.0 Å². The summed E-state index contributed by atoms with van der Waals surface area (Å²) in [7, 11) is 0. The number of nitrogens with one attached hydrogen (secondary N) is 1. The van der Waals surface area contributed by atoms with E-state index in [0.717, 1.165) is 17.5 Å². The van der Waals surface area contributed by atoms with Gasteiger partial charge in [-0.1, -0.05) is 6.92 Å². The Morgan fingerprint density at radius 3 is 2.71 bits per heavy atom. The van der Waals surface area contributed by atoms with Crippen molar-refractivity contribution in [1.29, 1.82) is 0 Å². The molecule has 0 fully saturated rings. The maximum Gasteiger partial charge on any atom is 0.251 e. The number of hydrogen-bond donors (Lipinski definition) is 1. The summed E-state index contributed by atoms with van der Waals surface area (Å²) in [6.45, 7) is 4.02. The van der Waals surface area contributed by atoms with Gasteiger partial charge in [0.25, 0.3) is 5.91 Å². The molecule has 1 unspecified atom stereocenters. The molecule has 0 aliphatic carbocycles. The van der Waals surface area contributed by atoms with Gasteiger partial charge in [0.15, 0.2) is 0 Å². The van der Waals surface area contributed by atoms with E-state index in [1.54, 1.807) is 24.5 Å². The van der Waals surface area contributed by atoms with Gasteiger partial charge in [0, 0.05) is 24.0 Å². The molecule has 1 amide bonds. The highest BCUT2D eigenvalue weighted by atomic mass is 16.1. The molecule has 17 heavy (non-hydrogen) atoms. The molecule has 1 heterocycles. The highest BCUT2D eigenvalue weighted by Gasteiger charge is 2.09. The summed E-state index contributed by atoms with van der Waals surface area (Å²) >= 11 is 0. The zero-order chi connectivity index (χ0) is 12.3. The van der Waals surface area contributed by atoms with Crippen LogP contribution in [-0.4, -0.2) is 21.9 Å². The minimum Gasteiger partial charge on any atom is -0.350 e. The lowest BCUT2D eigenvalue weighted by Gasteiger charge is -2.11. The van der Waals surface area contributed by atoms with Gasteiger partial charge in [0.1, 0.15) is 0 Å². The van der Waals surface area contributed by atoms with E-state index >= 15 is 0 Å². The fraction of sp³-hybridized carbons (Fsp3) is 0.308. The maximum absolute atomic E-state index is 11.9.